The first-order valence-electron chi connectivity index (χ1n) is 6.24. The second kappa shape index (κ2) is 5.62. The Kier molecular flexibility index (Phi) is 4.37. The lowest BCUT2D eigenvalue weighted by Crippen LogP contribution is -2.55. The Morgan fingerprint density at radius 1 is 1.24 bits per heavy atom. The lowest BCUT2D eigenvalue weighted by atomic mass is 10.1. The smallest absolute Gasteiger partial charge is 0.279 e. The summed E-state index contributed by atoms with van der Waals surface area (Å²) in [6, 6.07) is 0.0495. The number of piperidine rings is 1. The van der Waals surface area contributed by atoms with Crippen molar-refractivity contribution in [2.45, 2.75) is 18.9 Å². The van der Waals surface area contributed by atoms with Crippen molar-refractivity contribution in [2.75, 3.05) is 46.3 Å². The van der Waals surface area contributed by atoms with Gasteiger partial charge in [-0.2, -0.15) is 17.4 Å². The number of nitrogens with one attached hydrogen (secondary N) is 2. The Bertz CT molecular complexity index is 332. The van der Waals surface area contributed by atoms with E-state index in [-0.39, 0.29) is 6.04 Å². The average Bonchev–Trinajstić information content (AvgIpc) is 2.30. The van der Waals surface area contributed by atoms with E-state index < -0.39 is 10.2 Å². The van der Waals surface area contributed by atoms with Gasteiger partial charge in [-0.05, 0) is 26.4 Å². The summed E-state index contributed by atoms with van der Waals surface area (Å²) in [5.74, 6) is 0. The number of hydrogen-bond donors (Lipinski definition) is 2. The Morgan fingerprint density at radius 3 is 2.53 bits per heavy atom. The average molecular weight is 262 g/mol. The van der Waals surface area contributed by atoms with E-state index in [1.807, 2.05) is 7.05 Å². The molecular formula is C10H22N4O2S. The zero-order valence-electron chi connectivity index (χ0n) is 10.4. The minimum Gasteiger partial charge on any atom is -0.315 e. The number of likely N-dealkylation sites (N-methyl/N-ethyl adjacent to an activating group) is 1. The first kappa shape index (κ1) is 13.2. The van der Waals surface area contributed by atoms with Crippen molar-refractivity contribution in [2.24, 2.45) is 0 Å². The predicted octanol–water partition coefficient (Wildman–Crippen LogP) is -1.18. The monoisotopic (exact) mass is 262 g/mol. The molecule has 0 aliphatic carbocycles. The third kappa shape index (κ3) is 3.62. The van der Waals surface area contributed by atoms with Gasteiger partial charge in [0, 0.05) is 38.8 Å². The third-order valence-electron chi connectivity index (χ3n) is 3.41. The highest BCUT2D eigenvalue weighted by molar-refractivity contribution is 7.87. The quantitative estimate of drug-likeness (QED) is 0.672. The van der Waals surface area contributed by atoms with Crippen molar-refractivity contribution in [3.8, 4) is 0 Å². The topological polar surface area (TPSA) is 64.7 Å². The Labute approximate surface area is 104 Å². The van der Waals surface area contributed by atoms with Crippen LogP contribution < -0.4 is 10.0 Å². The van der Waals surface area contributed by atoms with E-state index in [0.29, 0.717) is 13.1 Å². The van der Waals surface area contributed by atoms with Crippen LogP contribution in [0, 0.1) is 0 Å². The second-order valence-electron chi connectivity index (χ2n) is 4.87. The zero-order valence-corrected chi connectivity index (χ0v) is 11.2. The van der Waals surface area contributed by atoms with Crippen LogP contribution in [0.25, 0.3) is 0 Å². The fourth-order valence-corrected chi connectivity index (χ4v) is 3.68. The van der Waals surface area contributed by atoms with E-state index in [4.69, 9.17) is 0 Å². The highest BCUT2D eigenvalue weighted by Crippen LogP contribution is 2.08. The van der Waals surface area contributed by atoms with E-state index in [9.17, 15) is 8.42 Å². The molecule has 17 heavy (non-hydrogen) atoms. The van der Waals surface area contributed by atoms with Gasteiger partial charge >= 0.3 is 0 Å². The van der Waals surface area contributed by atoms with Gasteiger partial charge in [-0.1, -0.05) is 0 Å². The summed E-state index contributed by atoms with van der Waals surface area (Å²) in [7, 11) is -1.27. The van der Waals surface area contributed by atoms with Gasteiger partial charge in [0.15, 0.2) is 0 Å². The first-order chi connectivity index (χ1) is 8.08. The molecule has 0 saturated carbocycles. The number of piperazine rings is 1. The van der Waals surface area contributed by atoms with Crippen LogP contribution in [0.2, 0.25) is 0 Å². The van der Waals surface area contributed by atoms with E-state index in [1.165, 1.54) is 0 Å². The van der Waals surface area contributed by atoms with Gasteiger partial charge in [-0.3, -0.25) is 0 Å². The van der Waals surface area contributed by atoms with Crippen LogP contribution in [0.15, 0.2) is 0 Å². The van der Waals surface area contributed by atoms with Crippen LogP contribution in [-0.4, -0.2) is 70.0 Å². The first-order valence-corrected chi connectivity index (χ1v) is 7.68. The maximum Gasteiger partial charge on any atom is 0.279 e. The molecule has 6 nitrogen and oxygen atoms in total. The molecule has 0 aromatic heterocycles. The van der Waals surface area contributed by atoms with Crippen molar-refractivity contribution in [1.29, 1.82) is 0 Å². The van der Waals surface area contributed by atoms with E-state index in [2.05, 4.69) is 14.9 Å². The second-order valence-corrected chi connectivity index (χ2v) is 6.57. The van der Waals surface area contributed by atoms with Gasteiger partial charge in [0.05, 0.1) is 0 Å². The maximum atomic E-state index is 12.1. The molecule has 0 amide bonds. The molecule has 2 aliphatic rings. The normalized spacial score (nSPS) is 29.4. The molecule has 2 fully saturated rings. The van der Waals surface area contributed by atoms with Gasteiger partial charge < -0.3 is 10.2 Å². The molecular weight excluding hydrogens is 240 g/mol. The third-order valence-corrected chi connectivity index (χ3v) is 5.09. The summed E-state index contributed by atoms with van der Waals surface area (Å²) in [5.41, 5.74) is 0. The molecule has 2 N–H and O–H groups in total. The molecule has 0 spiro atoms. The van der Waals surface area contributed by atoms with Crippen molar-refractivity contribution in [1.82, 2.24) is 19.2 Å². The fourth-order valence-electron chi connectivity index (χ4n) is 2.27. The summed E-state index contributed by atoms with van der Waals surface area (Å²) in [6.45, 7) is 4.53. The van der Waals surface area contributed by atoms with Crippen molar-refractivity contribution < 1.29 is 8.42 Å². The van der Waals surface area contributed by atoms with Gasteiger partial charge in [0.2, 0.25) is 0 Å². The molecule has 0 bridgehead atoms. The number of rotatable bonds is 3. The molecule has 2 heterocycles. The van der Waals surface area contributed by atoms with Crippen LogP contribution >= 0.6 is 0 Å². The lowest BCUT2D eigenvalue weighted by Gasteiger charge is -2.33. The van der Waals surface area contributed by atoms with Crippen molar-refractivity contribution >= 4 is 10.2 Å². The van der Waals surface area contributed by atoms with Crippen LogP contribution in [0.3, 0.4) is 0 Å². The molecule has 2 aliphatic heterocycles. The Balaban J connectivity index is 1.89. The summed E-state index contributed by atoms with van der Waals surface area (Å²) in [5, 5.41) is 3.21. The lowest BCUT2D eigenvalue weighted by molar-refractivity contribution is 0.219. The van der Waals surface area contributed by atoms with Crippen LogP contribution in [0.5, 0.6) is 0 Å². The van der Waals surface area contributed by atoms with Gasteiger partial charge in [-0.15, -0.1) is 0 Å². The van der Waals surface area contributed by atoms with Gasteiger partial charge in [-0.25, -0.2) is 0 Å². The molecule has 2 rings (SSSR count). The minimum absolute atomic E-state index is 0.0495. The molecule has 1 atom stereocenters. The summed E-state index contributed by atoms with van der Waals surface area (Å²) < 4.78 is 28.6. The van der Waals surface area contributed by atoms with E-state index in [1.54, 1.807) is 4.31 Å². The number of hydrogen-bond acceptors (Lipinski definition) is 4. The molecule has 2 saturated heterocycles. The van der Waals surface area contributed by atoms with Crippen molar-refractivity contribution in [3.05, 3.63) is 0 Å². The Hall–Kier alpha value is -0.210. The number of nitrogens with zero attached hydrogens (tertiary/aromatic N) is 2. The highest BCUT2D eigenvalue weighted by Gasteiger charge is 2.28. The van der Waals surface area contributed by atoms with Crippen LogP contribution in [0.4, 0.5) is 0 Å². The van der Waals surface area contributed by atoms with Crippen LogP contribution in [0.1, 0.15) is 12.8 Å². The molecule has 0 radical (unpaired) electrons. The maximum absolute atomic E-state index is 12.1. The van der Waals surface area contributed by atoms with Gasteiger partial charge in [0.1, 0.15) is 0 Å². The largest absolute Gasteiger partial charge is 0.315 e. The van der Waals surface area contributed by atoms with Gasteiger partial charge in [0.25, 0.3) is 10.2 Å². The van der Waals surface area contributed by atoms with E-state index >= 15 is 0 Å². The SMILES string of the molecule is CN1CCN(S(=O)(=O)NC2CCCNC2)CC1. The molecule has 0 aromatic rings. The molecule has 0 aromatic carbocycles. The zero-order chi connectivity index (χ0) is 12.3. The molecule has 100 valence electrons. The molecule has 1 unspecified atom stereocenters. The summed E-state index contributed by atoms with van der Waals surface area (Å²) in [6.07, 6.45) is 1.97. The minimum atomic E-state index is -3.29. The standard InChI is InChI=1S/C10H22N4O2S/c1-13-5-7-14(8-6-13)17(15,16)12-10-3-2-4-11-9-10/h10-12H,2-9H2,1H3. The highest BCUT2D eigenvalue weighted by atomic mass is 32.2. The van der Waals surface area contributed by atoms with Crippen molar-refractivity contribution in [3.63, 3.8) is 0 Å². The van der Waals surface area contributed by atoms with Crippen LogP contribution in [-0.2, 0) is 10.2 Å². The summed E-state index contributed by atoms with van der Waals surface area (Å²) >= 11 is 0. The Morgan fingerprint density at radius 2 is 1.94 bits per heavy atom. The molecule has 7 heteroatoms. The fraction of sp³-hybridized carbons (Fsp3) is 1.00. The summed E-state index contributed by atoms with van der Waals surface area (Å²) in [4.78, 5) is 2.15. The predicted molar refractivity (Wildman–Crippen MR) is 67.0 cm³/mol. The van der Waals surface area contributed by atoms with E-state index in [0.717, 1.165) is 39.0 Å².